The van der Waals surface area contributed by atoms with Gasteiger partial charge in [0.05, 0.1) is 6.61 Å². The molecule has 0 atom stereocenters. The molecular formula is C11H10O3. The Morgan fingerprint density at radius 3 is 2.29 bits per heavy atom. The van der Waals surface area contributed by atoms with Gasteiger partial charge in [-0.15, -0.1) is 0 Å². The zero-order chi connectivity index (χ0) is 10.1. The van der Waals surface area contributed by atoms with Crippen LogP contribution in [0.3, 0.4) is 0 Å². The van der Waals surface area contributed by atoms with Gasteiger partial charge in [-0.05, 0) is 6.07 Å². The normalized spacial score (nSPS) is 10.6. The Kier molecular flexibility index (Phi) is 2.02. The monoisotopic (exact) mass is 190 g/mol. The van der Waals surface area contributed by atoms with Crippen molar-refractivity contribution in [2.45, 2.75) is 6.61 Å². The summed E-state index contributed by atoms with van der Waals surface area (Å²) in [5.41, 5.74) is 0.334. The maximum Gasteiger partial charge on any atom is 0.129 e. The largest absolute Gasteiger partial charge is 0.507 e. The van der Waals surface area contributed by atoms with Crippen LogP contribution in [0.4, 0.5) is 0 Å². The Morgan fingerprint density at radius 1 is 1.00 bits per heavy atom. The third-order valence-corrected chi connectivity index (χ3v) is 2.24. The number of benzene rings is 2. The highest BCUT2D eigenvalue weighted by Gasteiger charge is 2.08. The first-order valence-electron chi connectivity index (χ1n) is 4.27. The summed E-state index contributed by atoms with van der Waals surface area (Å²) >= 11 is 0. The average Bonchev–Trinajstić information content (AvgIpc) is 2.23. The quantitative estimate of drug-likeness (QED) is 0.600. The van der Waals surface area contributed by atoms with Gasteiger partial charge in [0.25, 0.3) is 0 Å². The molecule has 0 aliphatic rings. The molecule has 3 nitrogen and oxygen atoms in total. The average molecular weight is 190 g/mol. The van der Waals surface area contributed by atoms with Gasteiger partial charge >= 0.3 is 0 Å². The summed E-state index contributed by atoms with van der Waals surface area (Å²) in [6, 6.07) is 8.33. The van der Waals surface area contributed by atoms with E-state index in [1.54, 1.807) is 24.3 Å². The lowest BCUT2D eigenvalue weighted by Gasteiger charge is -2.07. The molecule has 0 unspecified atom stereocenters. The molecule has 0 aromatic heterocycles. The highest BCUT2D eigenvalue weighted by Crippen LogP contribution is 2.34. The fourth-order valence-corrected chi connectivity index (χ4v) is 1.52. The Morgan fingerprint density at radius 2 is 1.64 bits per heavy atom. The second-order valence-corrected chi connectivity index (χ2v) is 3.11. The smallest absolute Gasteiger partial charge is 0.129 e. The molecule has 0 heterocycles. The second kappa shape index (κ2) is 3.20. The zero-order valence-corrected chi connectivity index (χ0v) is 7.44. The predicted octanol–water partition coefficient (Wildman–Crippen LogP) is 1.74. The van der Waals surface area contributed by atoms with Crippen LogP contribution in [0.1, 0.15) is 5.56 Å². The van der Waals surface area contributed by atoms with Crippen LogP contribution in [0.25, 0.3) is 10.8 Å². The van der Waals surface area contributed by atoms with E-state index in [2.05, 4.69) is 0 Å². The van der Waals surface area contributed by atoms with Crippen molar-refractivity contribution < 1.29 is 15.3 Å². The molecule has 3 heteroatoms. The molecule has 0 saturated heterocycles. The minimum atomic E-state index is -0.287. The van der Waals surface area contributed by atoms with Gasteiger partial charge in [-0.3, -0.25) is 0 Å². The van der Waals surface area contributed by atoms with E-state index in [9.17, 15) is 10.2 Å². The summed E-state index contributed by atoms with van der Waals surface area (Å²) in [4.78, 5) is 0. The van der Waals surface area contributed by atoms with Gasteiger partial charge in [0.2, 0.25) is 0 Å². The molecule has 2 aromatic rings. The molecule has 3 N–H and O–H groups in total. The molecule has 72 valence electrons. The lowest BCUT2D eigenvalue weighted by Crippen LogP contribution is -1.86. The number of aliphatic hydroxyl groups is 1. The summed E-state index contributed by atoms with van der Waals surface area (Å²) in [6.45, 7) is -0.287. The Hall–Kier alpha value is -1.74. The van der Waals surface area contributed by atoms with Gasteiger partial charge < -0.3 is 15.3 Å². The van der Waals surface area contributed by atoms with Crippen LogP contribution < -0.4 is 0 Å². The Labute approximate surface area is 80.9 Å². The lowest BCUT2D eigenvalue weighted by atomic mass is 10.0. The third-order valence-electron chi connectivity index (χ3n) is 2.24. The zero-order valence-electron chi connectivity index (χ0n) is 7.44. The number of aliphatic hydroxyl groups excluding tert-OH is 1. The maximum atomic E-state index is 9.70. The van der Waals surface area contributed by atoms with Gasteiger partial charge in [-0.2, -0.15) is 0 Å². The maximum absolute atomic E-state index is 9.70. The topological polar surface area (TPSA) is 60.7 Å². The molecule has 0 aliphatic carbocycles. The summed E-state index contributed by atoms with van der Waals surface area (Å²) in [5.74, 6) is 0.100. The molecule has 14 heavy (non-hydrogen) atoms. The van der Waals surface area contributed by atoms with E-state index in [-0.39, 0.29) is 18.1 Å². The van der Waals surface area contributed by atoms with Crippen molar-refractivity contribution >= 4 is 10.8 Å². The highest BCUT2D eigenvalue weighted by atomic mass is 16.3. The van der Waals surface area contributed by atoms with Crippen molar-refractivity contribution in [3.8, 4) is 11.5 Å². The van der Waals surface area contributed by atoms with E-state index in [4.69, 9.17) is 5.11 Å². The number of phenolic OH excluding ortho intramolecular Hbond substituents is 1. The van der Waals surface area contributed by atoms with Crippen LogP contribution in [0, 0.1) is 0 Å². The summed E-state index contributed by atoms with van der Waals surface area (Å²) < 4.78 is 0. The summed E-state index contributed by atoms with van der Waals surface area (Å²) in [6.07, 6.45) is 0. The van der Waals surface area contributed by atoms with Gasteiger partial charge in [-0.25, -0.2) is 0 Å². The van der Waals surface area contributed by atoms with Crippen LogP contribution >= 0.6 is 0 Å². The van der Waals surface area contributed by atoms with Gasteiger partial charge in [-0.1, -0.05) is 24.3 Å². The summed E-state index contributed by atoms with van der Waals surface area (Å²) in [7, 11) is 0. The van der Waals surface area contributed by atoms with Crippen LogP contribution in [0.15, 0.2) is 30.3 Å². The highest BCUT2D eigenvalue weighted by molar-refractivity contribution is 5.93. The van der Waals surface area contributed by atoms with Crippen molar-refractivity contribution in [3.63, 3.8) is 0 Å². The van der Waals surface area contributed by atoms with Crippen molar-refractivity contribution in [3.05, 3.63) is 35.9 Å². The number of hydrogen-bond acceptors (Lipinski definition) is 3. The van der Waals surface area contributed by atoms with Crippen molar-refractivity contribution in [1.82, 2.24) is 0 Å². The third kappa shape index (κ3) is 1.18. The first-order valence-corrected chi connectivity index (χ1v) is 4.27. The molecule has 0 spiro atoms. The van der Waals surface area contributed by atoms with Gasteiger partial charge in [0.1, 0.15) is 11.5 Å². The predicted molar refractivity (Wildman–Crippen MR) is 53.2 cm³/mol. The number of aromatic hydroxyl groups is 2. The number of fused-ring (bicyclic) bond motifs is 1. The Bertz CT molecular complexity index is 477. The molecule has 0 saturated carbocycles. The van der Waals surface area contributed by atoms with Crippen LogP contribution in [-0.4, -0.2) is 15.3 Å². The molecule has 0 bridgehead atoms. The molecule has 2 rings (SSSR count). The van der Waals surface area contributed by atoms with Crippen molar-refractivity contribution in [1.29, 1.82) is 0 Å². The first kappa shape index (κ1) is 8.84. The van der Waals surface area contributed by atoms with E-state index in [1.165, 1.54) is 6.07 Å². The standard InChI is InChI=1S/C11H10O3/c12-6-7-5-10(13)8-3-1-2-4-9(8)11(7)14/h1-5,12-14H,6H2. The van der Waals surface area contributed by atoms with Crippen molar-refractivity contribution in [2.24, 2.45) is 0 Å². The molecule has 0 aliphatic heterocycles. The fraction of sp³-hybridized carbons (Fsp3) is 0.0909. The minimum absolute atomic E-state index is 0.0286. The molecular weight excluding hydrogens is 180 g/mol. The SMILES string of the molecule is OCc1cc(O)c2ccccc2c1O. The molecule has 0 amide bonds. The van der Waals surface area contributed by atoms with E-state index in [1.807, 2.05) is 0 Å². The second-order valence-electron chi connectivity index (χ2n) is 3.11. The van der Waals surface area contributed by atoms with E-state index in [0.29, 0.717) is 16.3 Å². The fourth-order valence-electron chi connectivity index (χ4n) is 1.52. The Balaban J connectivity index is 2.87. The van der Waals surface area contributed by atoms with Gasteiger partial charge in [0, 0.05) is 16.3 Å². The minimum Gasteiger partial charge on any atom is -0.507 e. The number of rotatable bonds is 1. The molecule has 0 fully saturated rings. The summed E-state index contributed by atoms with van der Waals surface area (Å²) in [5, 5.41) is 29.4. The lowest BCUT2D eigenvalue weighted by molar-refractivity contribution is 0.275. The number of hydrogen-bond donors (Lipinski definition) is 3. The number of phenols is 2. The molecule has 2 aromatic carbocycles. The van der Waals surface area contributed by atoms with Gasteiger partial charge in [0.15, 0.2) is 0 Å². The van der Waals surface area contributed by atoms with Crippen LogP contribution in [0.5, 0.6) is 11.5 Å². The van der Waals surface area contributed by atoms with E-state index in [0.717, 1.165) is 0 Å². The van der Waals surface area contributed by atoms with Crippen LogP contribution in [-0.2, 0) is 6.61 Å². The van der Waals surface area contributed by atoms with E-state index < -0.39 is 0 Å². The first-order chi connectivity index (χ1) is 6.74. The van der Waals surface area contributed by atoms with E-state index >= 15 is 0 Å². The van der Waals surface area contributed by atoms with Crippen molar-refractivity contribution in [2.75, 3.05) is 0 Å². The molecule has 0 radical (unpaired) electrons. The van der Waals surface area contributed by atoms with Crippen LogP contribution in [0.2, 0.25) is 0 Å².